The van der Waals surface area contributed by atoms with Crippen LogP contribution in [-0.2, 0) is 4.79 Å². The molecule has 1 aromatic carbocycles. The zero-order chi connectivity index (χ0) is 24.0. The number of ether oxygens (including phenoxy) is 2. The Kier molecular flexibility index (Phi) is 5.56. The summed E-state index contributed by atoms with van der Waals surface area (Å²) >= 11 is 0. The number of piperidine rings is 1. The molecule has 1 saturated heterocycles. The maximum absolute atomic E-state index is 13.2. The standard InChI is InChI=1S/C27H33N5O3/c1-34-22-7-6-18(14-23(22)35-2)21-9-11-28-25-15-24(30-32(21)25)29-26(33)20-8-10-27(16-19(20)17-27)31-12-4-3-5-13-31/h6-7,9,14-15,28H,3-5,8,10-13,16-17H2,1-2H3,(H,29,30,33). The molecule has 1 amide bonds. The van der Waals surface area contributed by atoms with Gasteiger partial charge >= 0.3 is 0 Å². The number of benzene rings is 1. The second kappa shape index (κ2) is 8.75. The van der Waals surface area contributed by atoms with Crippen LogP contribution in [0.25, 0.3) is 5.70 Å². The van der Waals surface area contributed by atoms with E-state index in [4.69, 9.17) is 14.6 Å². The van der Waals surface area contributed by atoms with Crippen LogP contribution in [0.2, 0.25) is 0 Å². The Hall–Kier alpha value is -3.26. The molecule has 3 heterocycles. The summed E-state index contributed by atoms with van der Waals surface area (Å²) in [6.07, 6.45) is 10.1. The Morgan fingerprint density at radius 2 is 1.89 bits per heavy atom. The summed E-state index contributed by atoms with van der Waals surface area (Å²) in [6, 6.07) is 7.72. The van der Waals surface area contributed by atoms with Crippen molar-refractivity contribution in [3.63, 3.8) is 0 Å². The first-order valence-corrected chi connectivity index (χ1v) is 12.6. The molecule has 1 aromatic heterocycles. The molecular formula is C27H33N5O3. The third-order valence-electron chi connectivity index (χ3n) is 8.09. The van der Waals surface area contributed by atoms with Gasteiger partial charge in [0.1, 0.15) is 5.82 Å². The number of hydrogen-bond donors (Lipinski definition) is 2. The number of amides is 1. The minimum Gasteiger partial charge on any atom is -0.493 e. The highest BCUT2D eigenvalue weighted by Crippen LogP contribution is 2.52. The molecule has 0 radical (unpaired) electrons. The molecule has 2 N–H and O–H groups in total. The fourth-order valence-corrected chi connectivity index (χ4v) is 6.21. The second-order valence-electron chi connectivity index (χ2n) is 10.0. The monoisotopic (exact) mass is 475 g/mol. The third kappa shape index (κ3) is 3.80. The van der Waals surface area contributed by atoms with E-state index in [1.165, 1.54) is 37.9 Å². The van der Waals surface area contributed by atoms with Gasteiger partial charge < -0.3 is 20.1 Å². The number of anilines is 2. The molecule has 35 heavy (non-hydrogen) atoms. The van der Waals surface area contributed by atoms with Gasteiger partial charge in [0.2, 0.25) is 0 Å². The quantitative estimate of drug-likeness (QED) is 0.650. The first-order chi connectivity index (χ1) is 17.1. The maximum Gasteiger partial charge on any atom is 0.252 e. The van der Waals surface area contributed by atoms with Crippen molar-refractivity contribution in [2.45, 2.75) is 50.5 Å². The van der Waals surface area contributed by atoms with Crippen molar-refractivity contribution in [1.29, 1.82) is 0 Å². The molecule has 1 saturated carbocycles. The van der Waals surface area contributed by atoms with Crippen molar-refractivity contribution in [3.8, 4) is 11.5 Å². The van der Waals surface area contributed by atoms with Gasteiger partial charge in [0, 0.05) is 29.3 Å². The van der Waals surface area contributed by atoms with Crippen LogP contribution in [0.1, 0.15) is 50.5 Å². The summed E-state index contributed by atoms with van der Waals surface area (Å²) in [4.78, 5) is 15.9. The third-order valence-corrected chi connectivity index (χ3v) is 8.09. The molecule has 7 rings (SSSR count). The molecule has 0 unspecified atom stereocenters. The fourth-order valence-electron chi connectivity index (χ4n) is 6.21. The summed E-state index contributed by atoms with van der Waals surface area (Å²) in [5.41, 5.74) is 4.54. The lowest BCUT2D eigenvalue weighted by Crippen LogP contribution is -2.58. The van der Waals surface area contributed by atoms with Crippen molar-refractivity contribution >= 4 is 23.2 Å². The van der Waals surface area contributed by atoms with Gasteiger partial charge in [-0.2, -0.15) is 0 Å². The predicted molar refractivity (Wildman–Crippen MR) is 136 cm³/mol. The number of rotatable bonds is 6. The molecule has 0 atom stereocenters. The SMILES string of the molecule is COc1ccc(C2=CCNc3cc(NC(=O)C4=C5CC(N6CCCCC6)(CC4)C5)nn32)cc1OC. The predicted octanol–water partition coefficient (Wildman–Crippen LogP) is 4.26. The minimum absolute atomic E-state index is 0.000891. The number of nitrogens with zero attached hydrogens (tertiary/aromatic N) is 3. The van der Waals surface area contributed by atoms with E-state index in [0.717, 1.165) is 48.3 Å². The van der Waals surface area contributed by atoms with Crippen LogP contribution >= 0.6 is 0 Å². The van der Waals surface area contributed by atoms with Crippen LogP contribution in [0.3, 0.4) is 0 Å². The van der Waals surface area contributed by atoms with Crippen molar-refractivity contribution in [3.05, 3.63) is 47.1 Å². The molecule has 3 aliphatic carbocycles. The van der Waals surface area contributed by atoms with Gasteiger partial charge in [0.25, 0.3) is 5.91 Å². The smallest absolute Gasteiger partial charge is 0.252 e. The van der Waals surface area contributed by atoms with Gasteiger partial charge in [0.15, 0.2) is 17.3 Å². The topological polar surface area (TPSA) is 80.7 Å². The Morgan fingerprint density at radius 1 is 1.09 bits per heavy atom. The lowest BCUT2D eigenvalue weighted by molar-refractivity contribution is -0.113. The van der Waals surface area contributed by atoms with Crippen LogP contribution in [0.15, 0.2) is 41.5 Å². The van der Waals surface area contributed by atoms with E-state index in [9.17, 15) is 4.79 Å². The lowest BCUT2D eigenvalue weighted by Gasteiger charge is -2.56. The molecule has 2 aromatic rings. The number of aromatic nitrogens is 2. The van der Waals surface area contributed by atoms with E-state index >= 15 is 0 Å². The molecule has 2 bridgehead atoms. The van der Waals surface area contributed by atoms with E-state index in [-0.39, 0.29) is 5.91 Å². The van der Waals surface area contributed by atoms with Gasteiger partial charge in [-0.1, -0.05) is 12.0 Å². The Bertz CT molecular complexity index is 1210. The first-order valence-electron chi connectivity index (χ1n) is 12.6. The summed E-state index contributed by atoms with van der Waals surface area (Å²) in [5.74, 6) is 2.76. The Balaban J connectivity index is 1.18. The van der Waals surface area contributed by atoms with Crippen LogP contribution in [0.5, 0.6) is 11.5 Å². The molecule has 8 heteroatoms. The van der Waals surface area contributed by atoms with Gasteiger partial charge in [-0.15, -0.1) is 5.10 Å². The number of methoxy groups -OCH3 is 2. The normalized spacial score (nSPS) is 20.8. The molecule has 184 valence electrons. The van der Waals surface area contributed by atoms with Crippen molar-refractivity contribution < 1.29 is 14.3 Å². The van der Waals surface area contributed by atoms with Crippen LogP contribution in [-0.4, -0.2) is 60.0 Å². The summed E-state index contributed by atoms with van der Waals surface area (Å²) in [6.45, 7) is 3.12. The van der Waals surface area contributed by atoms with E-state index in [2.05, 4.69) is 21.6 Å². The van der Waals surface area contributed by atoms with E-state index < -0.39 is 0 Å². The number of carbonyl (C=O) groups excluding carboxylic acids is 1. The highest BCUT2D eigenvalue weighted by molar-refractivity contribution is 6.04. The number of hydrogen-bond acceptors (Lipinski definition) is 6. The van der Waals surface area contributed by atoms with E-state index in [0.29, 0.717) is 29.4 Å². The molecular weight excluding hydrogens is 442 g/mol. The summed E-state index contributed by atoms with van der Waals surface area (Å²) in [7, 11) is 3.26. The van der Waals surface area contributed by atoms with Gasteiger partial charge in [-0.05, 0) is 75.9 Å². The van der Waals surface area contributed by atoms with Gasteiger partial charge in [0.05, 0.1) is 19.9 Å². The number of fused-ring (bicyclic) bond motifs is 3. The fraction of sp³-hybridized carbons (Fsp3) is 0.481. The second-order valence-corrected chi connectivity index (χ2v) is 10.0. The number of nitrogens with one attached hydrogen (secondary N) is 2. The molecule has 2 fully saturated rings. The van der Waals surface area contributed by atoms with E-state index in [1.807, 2.05) is 28.9 Å². The molecule has 5 aliphatic rings. The highest BCUT2D eigenvalue weighted by atomic mass is 16.5. The van der Waals surface area contributed by atoms with Gasteiger partial charge in [-0.25, -0.2) is 4.68 Å². The molecule has 8 nitrogen and oxygen atoms in total. The maximum atomic E-state index is 13.2. The van der Waals surface area contributed by atoms with Crippen molar-refractivity contribution in [2.75, 3.05) is 44.5 Å². The van der Waals surface area contributed by atoms with Gasteiger partial charge in [-0.3, -0.25) is 9.69 Å². The number of carbonyl (C=O) groups is 1. The van der Waals surface area contributed by atoms with E-state index in [1.54, 1.807) is 14.2 Å². The number of likely N-dealkylation sites (tertiary alicyclic amines) is 1. The lowest BCUT2D eigenvalue weighted by atomic mass is 9.61. The highest BCUT2D eigenvalue weighted by Gasteiger charge is 2.50. The molecule has 0 spiro atoms. The minimum atomic E-state index is -0.000891. The van der Waals surface area contributed by atoms with Crippen molar-refractivity contribution in [2.24, 2.45) is 0 Å². The van der Waals surface area contributed by atoms with Crippen LogP contribution in [0.4, 0.5) is 11.6 Å². The Labute approximate surface area is 206 Å². The zero-order valence-electron chi connectivity index (χ0n) is 20.5. The zero-order valence-corrected chi connectivity index (χ0v) is 20.5. The Morgan fingerprint density at radius 3 is 2.60 bits per heavy atom. The van der Waals surface area contributed by atoms with Crippen LogP contribution in [0, 0.1) is 0 Å². The average Bonchev–Trinajstić information content (AvgIpc) is 3.30. The van der Waals surface area contributed by atoms with Crippen LogP contribution < -0.4 is 20.1 Å². The average molecular weight is 476 g/mol. The van der Waals surface area contributed by atoms with Crippen molar-refractivity contribution in [1.82, 2.24) is 14.7 Å². The summed E-state index contributed by atoms with van der Waals surface area (Å²) < 4.78 is 12.7. The first kappa shape index (κ1) is 22.2. The molecule has 2 aliphatic heterocycles. The summed E-state index contributed by atoms with van der Waals surface area (Å²) in [5, 5.41) is 11.1. The largest absolute Gasteiger partial charge is 0.493 e.